The van der Waals surface area contributed by atoms with Gasteiger partial charge in [0.1, 0.15) is 5.75 Å². The molecule has 0 fully saturated rings. The Bertz CT molecular complexity index is 327. The number of rotatable bonds is 2. The van der Waals surface area contributed by atoms with E-state index in [2.05, 4.69) is 33.8 Å². The van der Waals surface area contributed by atoms with E-state index in [4.69, 9.17) is 0 Å². The van der Waals surface area contributed by atoms with Gasteiger partial charge in [-0.2, -0.15) is 0 Å². The van der Waals surface area contributed by atoms with Gasteiger partial charge in [0, 0.05) is 5.41 Å². The highest BCUT2D eigenvalue weighted by Crippen LogP contribution is 2.27. The van der Waals surface area contributed by atoms with Crippen LogP contribution in [-0.2, 0) is 5.41 Å². The Morgan fingerprint density at radius 3 is 2.07 bits per heavy atom. The standard InChI is InChI=1S/C13H18O/c1-10(2)9-13(3,4)11-5-7-12(14)8-6-11/h5-9,14H,1-4H3. The van der Waals surface area contributed by atoms with Gasteiger partial charge in [-0.1, -0.05) is 37.6 Å². The summed E-state index contributed by atoms with van der Waals surface area (Å²) in [6, 6.07) is 7.40. The maximum absolute atomic E-state index is 9.19. The van der Waals surface area contributed by atoms with E-state index in [1.54, 1.807) is 12.1 Å². The van der Waals surface area contributed by atoms with Gasteiger partial charge in [0.2, 0.25) is 0 Å². The van der Waals surface area contributed by atoms with Gasteiger partial charge < -0.3 is 5.11 Å². The van der Waals surface area contributed by atoms with Gasteiger partial charge in [-0.15, -0.1) is 0 Å². The molecule has 0 unspecified atom stereocenters. The number of hydrogen-bond acceptors (Lipinski definition) is 1. The van der Waals surface area contributed by atoms with Crippen LogP contribution >= 0.6 is 0 Å². The molecule has 1 nitrogen and oxygen atoms in total. The van der Waals surface area contributed by atoms with Crippen molar-refractivity contribution in [2.45, 2.75) is 33.1 Å². The van der Waals surface area contributed by atoms with E-state index in [1.807, 2.05) is 12.1 Å². The molecule has 0 bridgehead atoms. The van der Waals surface area contributed by atoms with Crippen LogP contribution in [0, 0.1) is 0 Å². The van der Waals surface area contributed by atoms with E-state index in [0.29, 0.717) is 5.75 Å². The Kier molecular flexibility index (Phi) is 3.00. The molecule has 0 aliphatic carbocycles. The molecule has 0 heterocycles. The number of phenols is 1. The number of phenolic OH excluding ortho intramolecular Hbond substituents is 1. The minimum Gasteiger partial charge on any atom is -0.508 e. The van der Waals surface area contributed by atoms with Crippen molar-refractivity contribution in [1.82, 2.24) is 0 Å². The van der Waals surface area contributed by atoms with E-state index in [0.717, 1.165) is 0 Å². The minimum absolute atomic E-state index is 0.0343. The van der Waals surface area contributed by atoms with Crippen LogP contribution in [0.4, 0.5) is 0 Å². The summed E-state index contributed by atoms with van der Waals surface area (Å²) < 4.78 is 0. The molecular weight excluding hydrogens is 172 g/mol. The molecule has 0 saturated heterocycles. The molecule has 1 rings (SSSR count). The Hall–Kier alpha value is -1.24. The smallest absolute Gasteiger partial charge is 0.115 e. The largest absolute Gasteiger partial charge is 0.508 e. The normalized spacial score (nSPS) is 11.1. The molecule has 0 spiro atoms. The highest BCUT2D eigenvalue weighted by molar-refractivity contribution is 5.34. The fourth-order valence-corrected chi connectivity index (χ4v) is 1.70. The maximum atomic E-state index is 9.19. The van der Waals surface area contributed by atoms with Crippen LogP contribution in [0.5, 0.6) is 5.75 Å². The minimum atomic E-state index is 0.0343. The van der Waals surface area contributed by atoms with Crippen molar-refractivity contribution in [2.24, 2.45) is 0 Å². The average Bonchev–Trinajstić information content (AvgIpc) is 2.02. The zero-order chi connectivity index (χ0) is 10.8. The second-order valence-electron chi connectivity index (χ2n) is 4.49. The molecular formula is C13H18O. The van der Waals surface area contributed by atoms with Gasteiger partial charge in [-0.25, -0.2) is 0 Å². The van der Waals surface area contributed by atoms with E-state index < -0.39 is 0 Å². The predicted molar refractivity (Wildman–Crippen MR) is 60.6 cm³/mol. The van der Waals surface area contributed by atoms with Gasteiger partial charge in [0.25, 0.3) is 0 Å². The molecule has 0 atom stereocenters. The molecule has 0 aliphatic heterocycles. The highest BCUT2D eigenvalue weighted by Gasteiger charge is 2.16. The molecule has 14 heavy (non-hydrogen) atoms. The lowest BCUT2D eigenvalue weighted by molar-refractivity contribution is 0.474. The van der Waals surface area contributed by atoms with Crippen LogP contribution < -0.4 is 0 Å². The van der Waals surface area contributed by atoms with Crippen LogP contribution in [0.1, 0.15) is 33.3 Å². The Morgan fingerprint density at radius 1 is 1.14 bits per heavy atom. The predicted octanol–water partition coefficient (Wildman–Crippen LogP) is 3.64. The monoisotopic (exact) mass is 190 g/mol. The van der Waals surface area contributed by atoms with Gasteiger partial charge in [0.15, 0.2) is 0 Å². The van der Waals surface area contributed by atoms with Gasteiger partial charge in [0.05, 0.1) is 0 Å². The third-order valence-electron chi connectivity index (χ3n) is 2.26. The van der Waals surface area contributed by atoms with Crippen molar-refractivity contribution < 1.29 is 5.11 Å². The first-order valence-electron chi connectivity index (χ1n) is 4.87. The summed E-state index contributed by atoms with van der Waals surface area (Å²) in [6.07, 6.45) is 2.24. The maximum Gasteiger partial charge on any atom is 0.115 e. The summed E-state index contributed by atoms with van der Waals surface area (Å²) in [5.74, 6) is 0.321. The number of benzene rings is 1. The van der Waals surface area contributed by atoms with Crippen molar-refractivity contribution >= 4 is 0 Å². The zero-order valence-electron chi connectivity index (χ0n) is 9.33. The Labute approximate surface area is 86.1 Å². The van der Waals surface area contributed by atoms with Crippen LogP contribution in [-0.4, -0.2) is 5.11 Å². The molecule has 1 aromatic carbocycles. The third kappa shape index (κ3) is 2.63. The first kappa shape index (κ1) is 10.8. The molecule has 1 N–H and O–H groups in total. The van der Waals surface area contributed by atoms with Gasteiger partial charge >= 0.3 is 0 Å². The first-order valence-corrected chi connectivity index (χ1v) is 4.87. The van der Waals surface area contributed by atoms with Crippen LogP contribution in [0.2, 0.25) is 0 Å². The van der Waals surface area contributed by atoms with Crippen molar-refractivity contribution in [1.29, 1.82) is 0 Å². The van der Waals surface area contributed by atoms with Crippen LogP contribution in [0.15, 0.2) is 35.9 Å². The summed E-state index contributed by atoms with van der Waals surface area (Å²) >= 11 is 0. The molecule has 0 aromatic heterocycles. The fourth-order valence-electron chi connectivity index (χ4n) is 1.70. The SMILES string of the molecule is CC(C)=CC(C)(C)c1ccc(O)cc1. The van der Waals surface area contributed by atoms with Gasteiger partial charge in [-0.05, 0) is 31.5 Å². The topological polar surface area (TPSA) is 20.2 Å². The molecule has 76 valence electrons. The quantitative estimate of drug-likeness (QED) is 0.706. The summed E-state index contributed by atoms with van der Waals surface area (Å²) in [5, 5.41) is 9.19. The van der Waals surface area contributed by atoms with E-state index >= 15 is 0 Å². The molecule has 0 aliphatic rings. The number of hydrogen-bond donors (Lipinski definition) is 1. The van der Waals surface area contributed by atoms with E-state index in [-0.39, 0.29) is 5.41 Å². The fraction of sp³-hybridized carbons (Fsp3) is 0.385. The lowest BCUT2D eigenvalue weighted by Gasteiger charge is -2.21. The van der Waals surface area contributed by atoms with Crippen molar-refractivity contribution in [2.75, 3.05) is 0 Å². The molecule has 0 amide bonds. The lowest BCUT2D eigenvalue weighted by atomic mass is 9.83. The molecule has 0 saturated carbocycles. The highest BCUT2D eigenvalue weighted by atomic mass is 16.3. The van der Waals surface area contributed by atoms with Crippen LogP contribution in [0.25, 0.3) is 0 Å². The van der Waals surface area contributed by atoms with E-state index in [1.165, 1.54) is 11.1 Å². The van der Waals surface area contributed by atoms with Crippen molar-refractivity contribution in [3.05, 3.63) is 41.5 Å². The summed E-state index contributed by atoms with van der Waals surface area (Å²) in [7, 11) is 0. The molecule has 1 aromatic rings. The van der Waals surface area contributed by atoms with Crippen LogP contribution in [0.3, 0.4) is 0 Å². The number of allylic oxidation sites excluding steroid dienone is 2. The first-order chi connectivity index (χ1) is 6.42. The van der Waals surface area contributed by atoms with Gasteiger partial charge in [-0.3, -0.25) is 0 Å². The molecule has 0 radical (unpaired) electrons. The summed E-state index contributed by atoms with van der Waals surface area (Å²) in [6.45, 7) is 8.54. The number of aromatic hydroxyl groups is 1. The van der Waals surface area contributed by atoms with E-state index in [9.17, 15) is 5.11 Å². The lowest BCUT2D eigenvalue weighted by Crippen LogP contribution is -2.13. The summed E-state index contributed by atoms with van der Waals surface area (Å²) in [4.78, 5) is 0. The Morgan fingerprint density at radius 2 is 1.64 bits per heavy atom. The Balaban J connectivity index is 3.04. The van der Waals surface area contributed by atoms with Crippen molar-refractivity contribution in [3.8, 4) is 5.75 Å². The summed E-state index contributed by atoms with van der Waals surface area (Å²) in [5.41, 5.74) is 2.56. The third-order valence-corrected chi connectivity index (χ3v) is 2.26. The second-order valence-corrected chi connectivity index (χ2v) is 4.49. The molecule has 1 heteroatoms. The van der Waals surface area contributed by atoms with Crippen molar-refractivity contribution in [3.63, 3.8) is 0 Å². The average molecular weight is 190 g/mol. The second kappa shape index (κ2) is 3.87. The zero-order valence-corrected chi connectivity index (χ0v) is 9.33.